The summed E-state index contributed by atoms with van der Waals surface area (Å²) in [6.07, 6.45) is -6.32. The van der Waals surface area contributed by atoms with Gasteiger partial charge in [0.2, 0.25) is 5.95 Å². The summed E-state index contributed by atoms with van der Waals surface area (Å²) < 4.78 is 66.4. The highest BCUT2D eigenvalue weighted by Crippen LogP contribution is 2.26. The molecule has 1 aliphatic rings. The average Bonchev–Trinajstić information content (AvgIpc) is 3.46. The molecule has 1 atom stereocenters. The first kappa shape index (κ1) is 29.0. The summed E-state index contributed by atoms with van der Waals surface area (Å²) in [5.74, 6) is 0.0875. The van der Waals surface area contributed by atoms with Gasteiger partial charge < -0.3 is 10.0 Å². The van der Waals surface area contributed by atoms with Gasteiger partial charge in [0.1, 0.15) is 6.54 Å². The van der Waals surface area contributed by atoms with Crippen molar-refractivity contribution >= 4 is 39.0 Å². The van der Waals surface area contributed by atoms with Gasteiger partial charge in [-0.25, -0.2) is 22.9 Å². The predicted molar refractivity (Wildman–Crippen MR) is 143 cm³/mol. The lowest BCUT2D eigenvalue weighted by Gasteiger charge is -2.27. The van der Waals surface area contributed by atoms with E-state index in [0.29, 0.717) is 9.59 Å². The third kappa shape index (κ3) is 6.24. The van der Waals surface area contributed by atoms with Gasteiger partial charge in [-0.05, 0) is 36.4 Å². The number of halogens is 5. The van der Waals surface area contributed by atoms with E-state index in [1.165, 1.54) is 35.1 Å². The molecule has 0 amide bonds. The molecule has 0 unspecified atom stereocenters. The van der Waals surface area contributed by atoms with E-state index in [0.717, 1.165) is 4.68 Å². The van der Waals surface area contributed by atoms with E-state index in [1.54, 1.807) is 17.0 Å². The van der Waals surface area contributed by atoms with Gasteiger partial charge in [0, 0.05) is 29.9 Å². The maximum atomic E-state index is 13.3. The molecule has 18 heteroatoms. The number of rotatable bonds is 7. The first-order chi connectivity index (χ1) is 19.3. The van der Waals surface area contributed by atoms with E-state index in [2.05, 4.69) is 20.2 Å². The summed E-state index contributed by atoms with van der Waals surface area (Å²) in [7, 11) is -3.22. The van der Waals surface area contributed by atoms with Crippen LogP contribution in [0.4, 0.5) is 19.1 Å². The third-order valence-corrected chi connectivity index (χ3v) is 8.41. The Bertz CT molecular complexity index is 1720. The van der Waals surface area contributed by atoms with Gasteiger partial charge in [-0.1, -0.05) is 23.2 Å². The summed E-state index contributed by atoms with van der Waals surface area (Å²) in [5.41, 5.74) is -0.662. The topological polar surface area (TPSA) is 141 Å². The van der Waals surface area contributed by atoms with Gasteiger partial charge in [0.15, 0.2) is 33.4 Å². The number of pyridine rings is 1. The van der Waals surface area contributed by atoms with Crippen LogP contribution in [-0.2, 0) is 22.9 Å². The fraction of sp³-hybridized carbons (Fsp3) is 0.348. The molecule has 1 saturated heterocycles. The predicted octanol–water partition coefficient (Wildman–Crippen LogP) is 2.20. The molecule has 1 aliphatic heterocycles. The Morgan fingerprint density at radius 3 is 2.37 bits per heavy atom. The number of aliphatic hydroxyl groups is 1. The van der Waals surface area contributed by atoms with Crippen LogP contribution in [-0.4, -0.2) is 84.5 Å². The fourth-order valence-corrected chi connectivity index (χ4v) is 5.66. The zero-order valence-corrected chi connectivity index (χ0v) is 23.2. The smallest absolute Gasteiger partial charge is 0.382 e. The lowest BCUT2D eigenvalue weighted by molar-refractivity contribution is -0.207. The van der Waals surface area contributed by atoms with Crippen molar-refractivity contribution in [2.45, 2.75) is 25.4 Å². The minimum Gasteiger partial charge on any atom is -0.382 e. The molecule has 0 spiro atoms. The molecule has 3 aromatic heterocycles. The third-order valence-electron chi connectivity index (χ3n) is 6.25. The molecule has 4 heterocycles. The van der Waals surface area contributed by atoms with Crippen LogP contribution in [0.2, 0.25) is 10.0 Å². The normalized spacial score (nSPS) is 16.2. The Kier molecular flexibility index (Phi) is 7.84. The molecular formula is C23H21Cl2F3N8O4S. The number of anilines is 1. The number of hydrogen-bond donors (Lipinski definition) is 1. The molecule has 0 bridgehead atoms. The molecule has 218 valence electrons. The molecule has 5 rings (SSSR count). The molecule has 4 aromatic rings. The first-order valence-electron chi connectivity index (χ1n) is 12.0. The van der Waals surface area contributed by atoms with Crippen molar-refractivity contribution in [3.8, 4) is 17.2 Å². The number of aliphatic hydroxyl groups excluding tert-OH is 1. The van der Waals surface area contributed by atoms with E-state index in [4.69, 9.17) is 23.2 Å². The highest BCUT2D eigenvalue weighted by Gasteiger charge is 2.39. The van der Waals surface area contributed by atoms with Gasteiger partial charge in [-0.15, -0.1) is 10.2 Å². The number of aromatic nitrogens is 7. The van der Waals surface area contributed by atoms with E-state index in [1.807, 2.05) is 0 Å². The second-order valence-corrected chi connectivity index (χ2v) is 12.3. The van der Waals surface area contributed by atoms with Gasteiger partial charge in [0.25, 0.3) is 0 Å². The minimum absolute atomic E-state index is 0.0286. The Labute approximate surface area is 240 Å². The number of nitrogens with zero attached hydrogens (tertiary/aromatic N) is 8. The summed E-state index contributed by atoms with van der Waals surface area (Å²) in [4.78, 5) is 23.7. The van der Waals surface area contributed by atoms with Crippen LogP contribution in [0.5, 0.6) is 0 Å². The van der Waals surface area contributed by atoms with Gasteiger partial charge in [0.05, 0.1) is 23.1 Å². The van der Waals surface area contributed by atoms with Crippen LogP contribution in [0, 0.1) is 0 Å². The summed E-state index contributed by atoms with van der Waals surface area (Å²) in [6, 6.07) is 9.10. The van der Waals surface area contributed by atoms with E-state index in [-0.39, 0.29) is 65.1 Å². The average molecular weight is 633 g/mol. The molecule has 1 N–H and O–H groups in total. The highest BCUT2D eigenvalue weighted by molar-refractivity contribution is 7.91. The van der Waals surface area contributed by atoms with Crippen molar-refractivity contribution in [2.24, 2.45) is 0 Å². The second kappa shape index (κ2) is 11.1. The monoisotopic (exact) mass is 632 g/mol. The largest absolute Gasteiger partial charge is 0.416 e. The Hall–Kier alpha value is -3.47. The molecule has 0 radical (unpaired) electrons. The molecule has 1 fully saturated rings. The standard InChI is InChI=1S/C23H21Cl2F3N8O4S/c24-15-5-3-14(4-6-15)19-32-35(22(38)34(19)12-17(37)23(26,27)28)13-18-30-21(33-8-10-41(39,40)11-9-33)36(31-18)20-16(25)2-1-7-29-20/h1-7,17,37H,8-13H2/t17-/m0/s1. The molecule has 12 nitrogen and oxygen atoms in total. The first-order valence-corrected chi connectivity index (χ1v) is 14.6. The Balaban J connectivity index is 1.56. The van der Waals surface area contributed by atoms with Gasteiger partial charge in [-0.3, -0.25) is 4.57 Å². The number of benzene rings is 1. The maximum absolute atomic E-state index is 13.3. The van der Waals surface area contributed by atoms with E-state index >= 15 is 0 Å². The van der Waals surface area contributed by atoms with Crippen LogP contribution in [0.25, 0.3) is 17.2 Å². The van der Waals surface area contributed by atoms with Crippen molar-refractivity contribution < 1.29 is 26.7 Å². The van der Waals surface area contributed by atoms with Crippen LogP contribution in [0.3, 0.4) is 0 Å². The highest BCUT2D eigenvalue weighted by atomic mass is 35.5. The summed E-state index contributed by atoms with van der Waals surface area (Å²) in [6.45, 7) is -1.23. The van der Waals surface area contributed by atoms with Crippen molar-refractivity contribution in [2.75, 3.05) is 29.5 Å². The number of sulfone groups is 1. The molecular weight excluding hydrogens is 612 g/mol. The van der Waals surface area contributed by atoms with Gasteiger partial charge >= 0.3 is 11.9 Å². The number of alkyl halides is 3. The SMILES string of the molecule is O=c1n(Cc2nc(N3CCS(=O)(=O)CC3)n(-c3ncccc3Cl)n2)nc(-c2ccc(Cl)cc2)n1C[C@H](O)C(F)(F)F. The summed E-state index contributed by atoms with van der Waals surface area (Å²) in [5, 5.41) is 18.9. The quantitative estimate of drug-likeness (QED) is 0.324. The van der Waals surface area contributed by atoms with E-state index < -0.39 is 34.4 Å². The maximum Gasteiger partial charge on any atom is 0.416 e. The number of hydrogen-bond acceptors (Lipinski definition) is 9. The minimum atomic E-state index is -4.97. The van der Waals surface area contributed by atoms with E-state index in [9.17, 15) is 31.5 Å². The molecule has 0 aliphatic carbocycles. The Morgan fingerprint density at radius 2 is 1.73 bits per heavy atom. The zero-order chi connectivity index (χ0) is 29.5. The van der Waals surface area contributed by atoms with Gasteiger partial charge in [-0.2, -0.15) is 22.8 Å². The summed E-state index contributed by atoms with van der Waals surface area (Å²) >= 11 is 12.3. The zero-order valence-electron chi connectivity index (χ0n) is 20.9. The molecule has 1 aromatic carbocycles. The van der Waals surface area contributed by atoms with Crippen molar-refractivity contribution in [3.05, 3.63) is 68.9 Å². The second-order valence-electron chi connectivity index (χ2n) is 9.13. The van der Waals surface area contributed by atoms with Crippen LogP contribution < -0.4 is 10.6 Å². The molecule has 41 heavy (non-hydrogen) atoms. The van der Waals surface area contributed by atoms with Crippen molar-refractivity contribution in [3.63, 3.8) is 0 Å². The fourth-order valence-electron chi connectivity index (χ4n) is 4.14. The molecule has 0 saturated carbocycles. The van der Waals surface area contributed by atoms with Crippen LogP contribution in [0.1, 0.15) is 5.82 Å². The van der Waals surface area contributed by atoms with Crippen molar-refractivity contribution in [1.82, 2.24) is 34.1 Å². The lowest BCUT2D eigenvalue weighted by Crippen LogP contribution is -2.41. The Morgan fingerprint density at radius 1 is 1.05 bits per heavy atom. The van der Waals surface area contributed by atoms with Crippen molar-refractivity contribution in [1.29, 1.82) is 0 Å². The van der Waals surface area contributed by atoms with Crippen LogP contribution >= 0.6 is 23.2 Å². The van der Waals surface area contributed by atoms with Crippen LogP contribution in [0.15, 0.2) is 47.4 Å². The lowest BCUT2D eigenvalue weighted by atomic mass is 10.2.